The zero-order valence-corrected chi connectivity index (χ0v) is 37.2. The third-order valence-corrected chi connectivity index (χ3v) is 10.4. The molecule has 0 fully saturated rings. The average Bonchev–Trinajstić information content (AvgIpc) is 3.19. The fraction of sp³-hybridized carbons (Fsp3) is 0.820. The van der Waals surface area contributed by atoms with Crippen LogP contribution in [0.5, 0.6) is 0 Å². The highest BCUT2D eigenvalue weighted by atomic mass is 16.6. The van der Waals surface area contributed by atoms with Crippen molar-refractivity contribution < 1.29 is 28.6 Å². The molecule has 0 saturated heterocycles. The zero-order chi connectivity index (χ0) is 40.8. The third kappa shape index (κ3) is 42.8. The van der Waals surface area contributed by atoms with Crippen LogP contribution in [0.1, 0.15) is 245 Å². The molecule has 0 spiro atoms. The highest BCUT2D eigenvalue weighted by Gasteiger charge is 2.19. The maximum Gasteiger partial charge on any atom is 0.306 e. The first kappa shape index (κ1) is 53.6. The summed E-state index contributed by atoms with van der Waals surface area (Å²) in [6, 6.07) is 0. The van der Waals surface area contributed by atoms with Gasteiger partial charge in [-0.05, 0) is 77.0 Å². The Kier molecular flexibility index (Phi) is 43.4. The van der Waals surface area contributed by atoms with Crippen molar-refractivity contribution in [2.75, 3.05) is 13.2 Å². The van der Waals surface area contributed by atoms with Crippen molar-refractivity contribution in [3.8, 4) is 0 Å². The molecule has 0 aromatic heterocycles. The topological polar surface area (TPSA) is 78.9 Å². The van der Waals surface area contributed by atoms with Crippen LogP contribution in [0, 0.1) is 0 Å². The van der Waals surface area contributed by atoms with Gasteiger partial charge in [0.15, 0.2) is 6.10 Å². The first-order valence-electron chi connectivity index (χ1n) is 24.0. The third-order valence-electron chi connectivity index (χ3n) is 10.4. The SMILES string of the molecule is CCCCC/C=C\C/C=C\CCCCCCCCCC(=O)OCC(COC(=O)CCCCCCCCCC)OC(=O)CCCCCCC/C=C\CCCCCC. The van der Waals surface area contributed by atoms with Gasteiger partial charge in [0.1, 0.15) is 13.2 Å². The van der Waals surface area contributed by atoms with Gasteiger partial charge in [0.2, 0.25) is 0 Å². The lowest BCUT2D eigenvalue weighted by Crippen LogP contribution is -2.30. The van der Waals surface area contributed by atoms with Crippen molar-refractivity contribution in [3.05, 3.63) is 36.5 Å². The number of unbranched alkanes of at least 4 members (excludes halogenated alkanes) is 26. The number of ether oxygens (including phenoxy) is 3. The average molecular weight is 787 g/mol. The van der Waals surface area contributed by atoms with Crippen LogP contribution in [-0.2, 0) is 28.6 Å². The Morgan fingerprint density at radius 3 is 1.05 bits per heavy atom. The van der Waals surface area contributed by atoms with E-state index in [9.17, 15) is 14.4 Å². The number of hydrogen-bond acceptors (Lipinski definition) is 6. The molecule has 0 aromatic carbocycles. The summed E-state index contributed by atoms with van der Waals surface area (Å²) < 4.78 is 16.7. The van der Waals surface area contributed by atoms with Crippen LogP contribution >= 0.6 is 0 Å². The van der Waals surface area contributed by atoms with Crippen LogP contribution in [-0.4, -0.2) is 37.2 Å². The van der Waals surface area contributed by atoms with Crippen molar-refractivity contribution in [3.63, 3.8) is 0 Å². The van der Waals surface area contributed by atoms with E-state index in [-0.39, 0.29) is 31.1 Å². The Hall–Kier alpha value is -2.37. The normalized spacial score (nSPS) is 12.3. The van der Waals surface area contributed by atoms with Gasteiger partial charge in [-0.1, -0.05) is 186 Å². The maximum atomic E-state index is 12.7. The van der Waals surface area contributed by atoms with Crippen LogP contribution in [0.2, 0.25) is 0 Å². The molecule has 326 valence electrons. The second-order valence-electron chi connectivity index (χ2n) is 16.0. The van der Waals surface area contributed by atoms with Crippen LogP contribution < -0.4 is 0 Å². The molecular weight excluding hydrogens is 697 g/mol. The fourth-order valence-corrected chi connectivity index (χ4v) is 6.70. The minimum Gasteiger partial charge on any atom is -0.462 e. The predicted octanol–water partition coefficient (Wildman–Crippen LogP) is 15.4. The molecule has 0 rings (SSSR count). The minimum absolute atomic E-state index is 0.0764. The van der Waals surface area contributed by atoms with Gasteiger partial charge in [0, 0.05) is 19.3 Å². The highest BCUT2D eigenvalue weighted by Crippen LogP contribution is 2.14. The number of carbonyl (C=O) groups excluding carboxylic acids is 3. The molecule has 1 unspecified atom stereocenters. The Labute approximate surface area is 346 Å². The molecule has 0 aliphatic carbocycles. The largest absolute Gasteiger partial charge is 0.462 e. The Morgan fingerprint density at radius 1 is 0.357 bits per heavy atom. The number of hydrogen-bond donors (Lipinski definition) is 0. The van der Waals surface area contributed by atoms with E-state index in [0.717, 1.165) is 83.5 Å². The summed E-state index contributed by atoms with van der Waals surface area (Å²) in [6.07, 6.45) is 51.3. The molecule has 0 radical (unpaired) electrons. The van der Waals surface area contributed by atoms with Gasteiger partial charge in [-0.2, -0.15) is 0 Å². The first-order valence-corrected chi connectivity index (χ1v) is 24.0. The highest BCUT2D eigenvalue weighted by molar-refractivity contribution is 5.71. The summed E-state index contributed by atoms with van der Waals surface area (Å²) in [5.74, 6) is -0.894. The van der Waals surface area contributed by atoms with Gasteiger partial charge in [0.25, 0.3) is 0 Å². The quantitative estimate of drug-likeness (QED) is 0.0265. The van der Waals surface area contributed by atoms with Gasteiger partial charge in [-0.3, -0.25) is 14.4 Å². The Balaban J connectivity index is 4.32. The van der Waals surface area contributed by atoms with Crippen LogP contribution in [0.15, 0.2) is 36.5 Å². The molecule has 6 nitrogen and oxygen atoms in total. The summed E-state index contributed by atoms with van der Waals surface area (Å²) in [6.45, 7) is 6.56. The van der Waals surface area contributed by atoms with Crippen LogP contribution in [0.3, 0.4) is 0 Å². The molecule has 0 amide bonds. The smallest absolute Gasteiger partial charge is 0.306 e. The maximum absolute atomic E-state index is 12.7. The molecule has 1 atom stereocenters. The van der Waals surface area contributed by atoms with Gasteiger partial charge >= 0.3 is 17.9 Å². The molecular formula is C50H90O6. The van der Waals surface area contributed by atoms with E-state index in [4.69, 9.17) is 14.2 Å². The molecule has 56 heavy (non-hydrogen) atoms. The van der Waals surface area contributed by atoms with E-state index in [0.29, 0.717) is 19.3 Å². The molecule has 0 N–H and O–H groups in total. The first-order chi connectivity index (χ1) is 27.5. The molecule has 0 aromatic rings. The molecule has 0 heterocycles. The summed E-state index contributed by atoms with van der Waals surface area (Å²) in [4.78, 5) is 37.7. The lowest BCUT2D eigenvalue weighted by atomic mass is 10.1. The number of esters is 3. The Bertz CT molecular complexity index is 953. The minimum atomic E-state index is -0.774. The molecule has 0 aliphatic rings. The summed E-state index contributed by atoms with van der Waals surface area (Å²) in [7, 11) is 0. The van der Waals surface area contributed by atoms with Crippen molar-refractivity contribution in [2.24, 2.45) is 0 Å². The second kappa shape index (κ2) is 45.3. The lowest BCUT2D eigenvalue weighted by molar-refractivity contribution is -0.167. The van der Waals surface area contributed by atoms with E-state index in [1.807, 2.05) is 0 Å². The summed E-state index contributed by atoms with van der Waals surface area (Å²) in [5.41, 5.74) is 0. The van der Waals surface area contributed by atoms with Crippen molar-refractivity contribution >= 4 is 17.9 Å². The van der Waals surface area contributed by atoms with Crippen molar-refractivity contribution in [2.45, 2.75) is 252 Å². The van der Waals surface area contributed by atoms with Crippen LogP contribution in [0.25, 0.3) is 0 Å². The fourth-order valence-electron chi connectivity index (χ4n) is 6.70. The van der Waals surface area contributed by atoms with Crippen LogP contribution in [0.4, 0.5) is 0 Å². The van der Waals surface area contributed by atoms with Crippen molar-refractivity contribution in [1.82, 2.24) is 0 Å². The van der Waals surface area contributed by atoms with E-state index in [2.05, 4.69) is 57.2 Å². The van der Waals surface area contributed by atoms with E-state index in [1.54, 1.807) is 0 Å². The van der Waals surface area contributed by atoms with Gasteiger partial charge in [-0.25, -0.2) is 0 Å². The number of carbonyl (C=O) groups is 3. The standard InChI is InChI=1S/C50H90O6/c1-4-7-10-13-16-19-21-23-24-25-26-28-29-31-34-37-40-43-49(52)55-46-47(45-54-48(51)42-39-36-33-18-15-12-9-6-3)56-50(53)44-41-38-35-32-30-27-22-20-17-14-11-8-5-2/h16,19-20,22-24,47H,4-15,17-18,21,25-46H2,1-3H3/b19-16-,22-20-,24-23-. The monoisotopic (exact) mass is 787 g/mol. The number of rotatable bonds is 43. The van der Waals surface area contributed by atoms with Gasteiger partial charge < -0.3 is 14.2 Å². The van der Waals surface area contributed by atoms with Gasteiger partial charge in [-0.15, -0.1) is 0 Å². The second-order valence-corrected chi connectivity index (χ2v) is 16.0. The van der Waals surface area contributed by atoms with Gasteiger partial charge in [0.05, 0.1) is 0 Å². The lowest BCUT2D eigenvalue weighted by Gasteiger charge is -2.18. The molecule has 0 saturated carbocycles. The molecule has 0 bridgehead atoms. The van der Waals surface area contributed by atoms with Crippen molar-refractivity contribution in [1.29, 1.82) is 0 Å². The summed E-state index contributed by atoms with van der Waals surface area (Å²) >= 11 is 0. The zero-order valence-electron chi connectivity index (χ0n) is 37.2. The molecule has 0 aliphatic heterocycles. The molecule has 6 heteroatoms. The summed E-state index contributed by atoms with van der Waals surface area (Å²) in [5, 5.41) is 0. The van der Waals surface area contributed by atoms with E-state index < -0.39 is 6.10 Å². The van der Waals surface area contributed by atoms with E-state index >= 15 is 0 Å². The Morgan fingerprint density at radius 2 is 0.643 bits per heavy atom. The predicted molar refractivity (Wildman–Crippen MR) is 238 cm³/mol. The van der Waals surface area contributed by atoms with E-state index in [1.165, 1.54) is 122 Å². The number of allylic oxidation sites excluding steroid dienone is 6.